The van der Waals surface area contributed by atoms with E-state index in [1.54, 1.807) is 60.7 Å². The van der Waals surface area contributed by atoms with Crippen molar-refractivity contribution in [2.45, 2.75) is 18.8 Å². The van der Waals surface area contributed by atoms with E-state index in [-0.39, 0.29) is 24.7 Å². The molecule has 0 aliphatic heterocycles. The standard InChI is InChI=1S/C32H30F2N4O3/c33-25-13-5-21(6-14-25)17-19-36-31(40)29(32(41)37-20-18-22-7-15-26(34)16-8-22)23-9-11-24(12-10-23)30(39)38-28-4-2-1-3-27(28)35/h1-16,29H,17-20,35H2,(H,36,40)(H,37,41)(H,38,39). The number of nitrogens with two attached hydrogens (primary N) is 1. The summed E-state index contributed by atoms with van der Waals surface area (Å²) in [5.41, 5.74) is 9.20. The third-order valence-corrected chi connectivity index (χ3v) is 6.49. The van der Waals surface area contributed by atoms with E-state index in [0.717, 1.165) is 11.1 Å². The van der Waals surface area contributed by atoms with E-state index in [1.807, 2.05) is 0 Å². The molecule has 0 unspecified atom stereocenters. The van der Waals surface area contributed by atoms with Gasteiger partial charge in [-0.15, -0.1) is 0 Å². The second-order valence-electron chi connectivity index (χ2n) is 9.43. The van der Waals surface area contributed by atoms with Gasteiger partial charge in [0, 0.05) is 18.7 Å². The minimum absolute atomic E-state index is 0.239. The molecule has 0 aliphatic rings. The summed E-state index contributed by atoms with van der Waals surface area (Å²) in [5, 5.41) is 8.32. The minimum atomic E-state index is -1.18. The average molecular weight is 557 g/mol. The van der Waals surface area contributed by atoms with Crippen LogP contribution in [0.4, 0.5) is 20.2 Å². The summed E-state index contributed by atoms with van der Waals surface area (Å²) in [6, 6.07) is 25.0. The van der Waals surface area contributed by atoms with E-state index < -0.39 is 23.6 Å². The maximum Gasteiger partial charge on any atom is 0.255 e. The number of rotatable bonds is 11. The van der Waals surface area contributed by atoms with Crippen molar-refractivity contribution in [2.24, 2.45) is 0 Å². The number of carbonyl (C=O) groups excluding carboxylic acids is 3. The third kappa shape index (κ3) is 8.22. The highest BCUT2D eigenvalue weighted by Crippen LogP contribution is 2.21. The fourth-order valence-electron chi connectivity index (χ4n) is 4.22. The van der Waals surface area contributed by atoms with E-state index in [2.05, 4.69) is 16.0 Å². The summed E-state index contributed by atoms with van der Waals surface area (Å²) in [4.78, 5) is 39.2. The lowest BCUT2D eigenvalue weighted by atomic mass is 9.95. The number of amides is 3. The lowest BCUT2D eigenvalue weighted by Crippen LogP contribution is -2.41. The van der Waals surface area contributed by atoms with Gasteiger partial charge in [-0.2, -0.15) is 0 Å². The van der Waals surface area contributed by atoms with Crippen molar-refractivity contribution in [1.29, 1.82) is 0 Å². The predicted molar refractivity (Wildman–Crippen MR) is 154 cm³/mol. The number of carbonyl (C=O) groups is 3. The molecule has 0 aromatic heterocycles. The van der Waals surface area contributed by atoms with Gasteiger partial charge in [0.2, 0.25) is 11.8 Å². The van der Waals surface area contributed by atoms with Crippen molar-refractivity contribution in [1.82, 2.24) is 10.6 Å². The first-order valence-electron chi connectivity index (χ1n) is 13.1. The highest BCUT2D eigenvalue weighted by atomic mass is 19.1. The van der Waals surface area contributed by atoms with Crippen molar-refractivity contribution in [3.8, 4) is 0 Å². The van der Waals surface area contributed by atoms with E-state index in [4.69, 9.17) is 5.73 Å². The summed E-state index contributed by atoms with van der Waals surface area (Å²) < 4.78 is 26.4. The zero-order valence-corrected chi connectivity index (χ0v) is 22.2. The highest BCUT2D eigenvalue weighted by molar-refractivity contribution is 6.07. The molecule has 5 N–H and O–H groups in total. The molecule has 4 aromatic carbocycles. The van der Waals surface area contributed by atoms with Crippen LogP contribution >= 0.6 is 0 Å². The van der Waals surface area contributed by atoms with Crippen molar-refractivity contribution >= 4 is 29.1 Å². The van der Waals surface area contributed by atoms with Crippen molar-refractivity contribution in [3.63, 3.8) is 0 Å². The topological polar surface area (TPSA) is 113 Å². The molecule has 0 saturated carbocycles. The Bertz CT molecular complexity index is 1430. The molecule has 0 spiro atoms. The van der Waals surface area contributed by atoms with Crippen LogP contribution in [-0.4, -0.2) is 30.8 Å². The van der Waals surface area contributed by atoms with Gasteiger partial charge >= 0.3 is 0 Å². The van der Waals surface area contributed by atoms with Gasteiger partial charge in [0.05, 0.1) is 11.4 Å². The SMILES string of the molecule is Nc1ccccc1NC(=O)c1ccc(C(C(=O)NCCc2ccc(F)cc2)C(=O)NCCc2ccc(F)cc2)cc1. The summed E-state index contributed by atoms with van der Waals surface area (Å²) in [7, 11) is 0. The molecule has 41 heavy (non-hydrogen) atoms. The van der Waals surface area contributed by atoms with Gasteiger partial charge in [0.15, 0.2) is 0 Å². The number of halogens is 2. The number of para-hydroxylation sites is 2. The maximum absolute atomic E-state index is 13.2. The molecule has 0 bridgehead atoms. The molecule has 4 aromatic rings. The number of hydrogen-bond donors (Lipinski definition) is 4. The summed E-state index contributed by atoms with van der Waals surface area (Å²) in [6.45, 7) is 0.478. The van der Waals surface area contributed by atoms with Crippen LogP contribution in [0.3, 0.4) is 0 Å². The van der Waals surface area contributed by atoms with Crippen LogP contribution in [0.5, 0.6) is 0 Å². The van der Waals surface area contributed by atoms with E-state index in [0.29, 0.717) is 35.3 Å². The molecule has 0 radical (unpaired) electrons. The average Bonchev–Trinajstić information content (AvgIpc) is 2.97. The Kier molecular flexibility index (Phi) is 9.77. The Morgan fingerprint density at radius 2 is 1.15 bits per heavy atom. The predicted octanol–water partition coefficient (Wildman–Crippen LogP) is 4.60. The molecule has 0 atom stereocenters. The zero-order valence-electron chi connectivity index (χ0n) is 22.2. The molecule has 0 aliphatic carbocycles. The fraction of sp³-hybridized carbons (Fsp3) is 0.156. The van der Waals surface area contributed by atoms with Gasteiger partial charge in [-0.25, -0.2) is 8.78 Å². The van der Waals surface area contributed by atoms with Crippen LogP contribution in [0.1, 0.15) is 33.0 Å². The third-order valence-electron chi connectivity index (χ3n) is 6.49. The normalized spacial score (nSPS) is 10.7. The van der Waals surface area contributed by atoms with Gasteiger partial charge in [-0.1, -0.05) is 48.5 Å². The molecule has 0 heterocycles. The molecule has 0 saturated heterocycles. The van der Waals surface area contributed by atoms with Gasteiger partial charge in [-0.05, 0) is 78.1 Å². The molecular weight excluding hydrogens is 526 g/mol. The van der Waals surface area contributed by atoms with Crippen LogP contribution < -0.4 is 21.7 Å². The van der Waals surface area contributed by atoms with Gasteiger partial charge in [0.1, 0.15) is 17.6 Å². The molecular formula is C32H30F2N4O3. The molecule has 210 valence electrons. The van der Waals surface area contributed by atoms with Crippen LogP contribution in [0.25, 0.3) is 0 Å². The molecule has 9 heteroatoms. The van der Waals surface area contributed by atoms with Crippen LogP contribution in [0.15, 0.2) is 97.1 Å². The quantitative estimate of drug-likeness (QED) is 0.160. The largest absolute Gasteiger partial charge is 0.397 e. The monoisotopic (exact) mass is 556 g/mol. The molecule has 0 fully saturated rings. The summed E-state index contributed by atoms with van der Waals surface area (Å²) in [6.07, 6.45) is 0.902. The van der Waals surface area contributed by atoms with Gasteiger partial charge in [-0.3, -0.25) is 14.4 Å². The Balaban J connectivity index is 1.44. The Morgan fingerprint density at radius 1 is 0.659 bits per heavy atom. The molecule has 7 nitrogen and oxygen atoms in total. The maximum atomic E-state index is 13.2. The molecule has 4 rings (SSSR count). The highest BCUT2D eigenvalue weighted by Gasteiger charge is 2.28. The van der Waals surface area contributed by atoms with Crippen LogP contribution in [0, 0.1) is 11.6 Å². The first-order chi connectivity index (χ1) is 19.8. The van der Waals surface area contributed by atoms with Crippen molar-refractivity contribution in [2.75, 3.05) is 24.1 Å². The molecule has 3 amide bonds. The minimum Gasteiger partial charge on any atom is -0.397 e. The lowest BCUT2D eigenvalue weighted by Gasteiger charge is -2.18. The van der Waals surface area contributed by atoms with E-state index in [9.17, 15) is 23.2 Å². The van der Waals surface area contributed by atoms with Gasteiger partial charge in [0.25, 0.3) is 5.91 Å². The fourth-order valence-corrected chi connectivity index (χ4v) is 4.22. The van der Waals surface area contributed by atoms with E-state index in [1.165, 1.54) is 36.4 Å². The van der Waals surface area contributed by atoms with Crippen LogP contribution in [0.2, 0.25) is 0 Å². The second kappa shape index (κ2) is 13.8. The summed E-state index contributed by atoms with van der Waals surface area (Å²) >= 11 is 0. The Labute approximate surface area is 236 Å². The zero-order chi connectivity index (χ0) is 29.2. The van der Waals surface area contributed by atoms with Gasteiger partial charge < -0.3 is 21.7 Å². The first kappa shape index (κ1) is 28.9. The second-order valence-corrected chi connectivity index (χ2v) is 9.43. The van der Waals surface area contributed by atoms with Crippen molar-refractivity contribution < 1.29 is 23.2 Å². The number of benzene rings is 4. The smallest absolute Gasteiger partial charge is 0.255 e. The lowest BCUT2D eigenvalue weighted by molar-refractivity contribution is -0.131. The first-order valence-corrected chi connectivity index (χ1v) is 13.1. The Morgan fingerprint density at radius 3 is 1.63 bits per heavy atom. The van der Waals surface area contributed by atoms with E-state index >= 15 is 0 Å². The number of nitrogen functional groups attached to an aromatic ring is 1. The van der Waals surface area contributed by atoms with Crippen LogP contribution in [-0.2, 0) is 22.4 Å². The number of nitrogens with one attached hydrogen (secondary N) is 3. The number of hydrogen-bond acceptors (Lipinski definition) is 4. The van der Waals surface area contributed by atoms with Crippen molar-refractivity contribution in [3.05, 3.63) is 131 Å². The number of anilines is 2. The summed E-state index contributed by atoms with van der Waals surface area (Å²) in [5.74, 6) is -3.29. The Hall–Kier alpha value is -5.05.